The summed E-state index contributed by atoms with van der Waals surface area (Å²) in [7, 11) is 1.60. The summed E-state index contributed by atoms with van der Waals surface area (Å²) in [6, 6.07) is 9.68. The van der Waals surface area contributed by atoms with Crippen LogP contribution in [0.2, 0.25) is 0 Å². The van der Waals surface area contributed by atoms with Crippen molar-refractivity contribution in [1.29, 1.82) is 0 Å². The van der Waals surface area contributed by atoms with E-state index in [1.165, 1.54) is 12.8 Å². The summed E-state index contributed by atoms with van der Waals surface area (Å²) in [4.78, 5) is 12.5. The number of ether oxygens (including phenoxy) is 1. The lowest BCUT2D eigenvalue weighted by atomic mass is 10.1. The molecular formula is C19H24N2O3. The molecule has 1 aliphatic carbocycles. The lowest BCUT2D eigenvalue weighted by Crippen LogP contribution is -2.28. The van der Waals surface area contributed by atoms with Crippen LogP contribution in [0.1, 0.15) is 52.3 Å². The molecule has 1 aromatic heterocycles. The first-order valence-corrected chi connectivity index (χ1v) is 8.30. The van der Waals surface area contributed by atoms with E-state index in [1.54, 1.807) is 31.4 Å². The standard InChI is InChI=1S/C19H24N2O3/c1-12-10-17(13(2)21(12)15-6-7-15)19(23)20-11-18(22)14-4-8-16(24-3)9-5-14/h4-5,8-10,15,18,22H,6-7,11H2,1-3H3,(H,20,23). The van der Waals surface area contributed by atoms with Crippen molar-refractivity contribution in [2.24, 2.45) is 0 Å². The van der Waals surface area contributed by atoms with Crippen molar-refractivity contribution in [1.82, 2.24) is 9.88 Å². The number of aliphatic hydroxyl groups excluding tert-OH is 1. The van der Waals surface area contributed by atoms with Gasteiger partial charge in [0.2, 0.25) is 0 Å². The Morgan fingerprint density at radius 1 is 1.33 bits per heavy atom. The van der Waals surface area contributed by atoms with Gasteiger partial charge in [-0.3, -0.25) is 4.79 Å². The number of amides is 1. The van der Waals surface area contributed by atoms with E-state index in [0.717, 1.165) is 22.7 Å². The summed E-state index contributed by atoms with van der Waals surface area (Å²) in [5.41, 5.74) is 3.57. The number of methoxy groups -OCH3 is 1. The maximum Gasteiger partial charge on any atom is 0.253 e. The summed E-state index contributed by atoms with van der Waals surface area (Å²) < 4.78 is 7.35. The molecule has 1 aromatic carbocycles. The summed E-state index contributed by atoms with van der Waals surface area (Å²) in [5, 5.41) is 13.1. The third-order valence-electron chi connectivity index (χ3n) is 4.60. The fraction of sp³-hybridized carbons (Fsp3) is 0.421. The summed E-state index contributed by atoms with van der Waals surface area (Å²) in [5.74, 6) is 0.602. The number of aromatic nitrogens is 1. The predicted molar refractivity (Wildman–Crippen MR) is 92.5 cm³/mol. The van der Waals surface area contributed by atoms with Crippen LogP contribution in [0.15, 0.2) is 30.3 Å². The number of nitrogens with one attached hydrogen (secondary N) is 1. The van der Waals surface area contributed by atoms with Gasteiger partial charge in [0, 0.05) is 24.0 Å². The third kappa shape index (κ3) is 3.31. The molecule has 0 aliphatic heterocycles. The minimum atomic E-state index is -0.744. The molecule has 1 fully saturated rings. The molecule has 2 N–H and O–H groups in total. The Morgan fingerprint density at radius 2 is 2.00 bits per heavy atom. The third-order valence-corrected chi connectivity index (χ3v) is 4.60. The molecule has 128 valence electrons. The van der Waals surface area contributed by atoms with Gasteiger partial charge >= 0.3 is 0 Å². The first kappa shape index (κ1) is 16.6. The zero-order valence-electron chi connectivity index (χ0n) is 14.4. The zero-order chi connectivity index (χ0) is 17.3. The summed E-state index contributed by atoms with van der Waals surface area (Å²) in [6.45, 7) is 4.20. The topological polar surface area (TPSA) is 63.5 Å². The van der Waals surface area contributed by atoms with Gasteiger partial charge in [-0.1, -0.05) is 12.1 Å². The molecule has 0 radical (unpaired) electrons. The van der Waals surface area contributed by atoms with Crippen molar-refractivity contribution < 1.29 is 14.6 Å². The fourth-order valence-corrected chi connectivity index (χ4v) is 3.13. The van der Waals surface area contributed by atoms with E-state index in [1.807, 2.05) is 19.9 Å². The Kier molecular flexibility index (Phi) is 4.62. The number of hydrogen-bond acceptors (Lipinski definition) is 3. The van der Waals surface area contributed by atoms with E-state index in [9.17, 15) is 9.90 Å². The number of benzene rings is 1. The Bertz CT molecular complexity index is 730. The van der Waals surface area contributed by atoms with Gasteiger partial charge in [0.1, 0.15) is 5.75 Å². The Labute approximate surface area is 142 Å². The second-order valence-corrected chi connectivity index (χ2v) is 6.38. The largest absolute Gasteiger partial charge is 0.497 e. The van der Waals surface area contributed by atoms with Gasteiger partial charge in [-0.2, -0.15) is 0 Å². The van der Waals surface area contributed by atoms with Gasteiger partial charge in [0.25, 0.3) is 5.91 Å². The molecule has 24 heavy (non-hydrogen) atoms. The van der Waals surface area contributed by atoms with Crippen molar-refractivity contribution in [2.45, 2.75) is 38.8 Å². The number of nitrogens with zero attached hydrogens (tertiary/aromatic N) is 1. The molecule has 2 aromatic rings. The van der Waals surface area contributed by atoms with Crippen LogP contribution in [0.3, 0.4) is 0 Å². The van der Waals surface area contributed by atoms with Crippen molar-refractivity contribution in [3.05, 3.63) is 52.8 Å². The van der Waals surface area contributed by atoms with E-state index in [0.29, 0.717) is 11.6 Å². The number of aryl methyl sites for hydroxylation is 1. The van der Waals surface area contributed by atoms with Crippen LogP contribution in [0.25, 0.3) is 0 Å². The van der Waals surface area contributed by atoms with Crippen LogP contribution in [-0.4, -0.2) is 29.2 Å². The minimum Gasteiger partial charge on any atom is -0.497 e. The number of carbonyl (C=O) groups excluding carboxylic acids is 1. The van der Waals surface area contributed by atoms with E-state index < -0.39 is 6.10 Å². The molecule has 0 spiro atoms. The van der Waals surface area contributed by atoms with E-state index in [-0.39, 0.29) is 12.5 Å². The average Bonchev–Trinajstić information content (AvgIpc) is 3.37. The molecule has 0 saturated heterocycles. The molecule has 5 nitrogen and oxygen atoms in total. The molecule has 1 saturated carbocycles. The average molecular weight is 328 g/mol. The first-order chi connectivity index (χ1) is 11.5. The predicted octanol–water partition coefficient (Wildman–Crippen LogP) is 2.91. The molecule has 1 aliphatic rings. The molecule has 5 heteroatoms. The minimum absolute atomic E-state index is 0.137. The van der Waals surface area contributed by atoms with E-state index in [2.05, 4.69) is 9.88 Å². The van der Waals surface area contributed by atoms with Crippen LogP contribution >= 0.6 is 0 Å². The van der Waals surface area contributed by atoms with Gasteiger partial charge in [-0.15, -0.1) is 0 Å². The lowest BCUT2D eigenvalue weighted by molar-refractivity contribution is 0.0915. The van der Waals surface area contributed by atoms with Crippen LogP contribution in [0.5, 0.6) is 5.75 Å². The number of rotatable bonds is 6. The Balaban J connectivity index is 1.63. The van der Waals surface area contributed by atoms with E-state index in [4.69, 9.17) is 4.74 Å². The summed E-state index contributed by atoms with van der Waals surface area (Å²) >= 11 is 0. The zero-order valence-corrected chi connectivity index (χ0v) is 14.4. The highest BCUT2D eigenvalue weighted by Gasteiger charge is 2.28. The van der Waals surface area contributed by atoms with Crippen LogP contribution in [0.4, 0.5) is 0 Å². The lowest BCUT2D eigenvalue weighted by Gasteiger charge is -2.13. The first-order valence-electron chi connectivity index (χ1n) is 8.30. The Morgan fingerprint density at radius 3 is 2.58 bits per heavy atom. The van der Waals surface area contributed by atoms with Crippen molar-refractivity contribution in [3.63, 3.8) is 0 Å². The molecule has 1 heterocycles. The second kappa shape index (κ2) is 6.69. The number of aliphatic hydroxyl groups is 1. The molecule has 3 rings (SSSR count). The van der Waals surface area contributed by atoms with Gasteiger partial charge < -0.3 is 19.7 Å². The normalized spacial score (nSPS) is 15.2. The van der Waals surface area contributed by atoms with E-state index >= 15 is 0 Å². The van der Waals surface area contributed by atoms with Crippen LogP contribution in [0, 0.1) is 13.8 Å². The number of hydrogen-bond donors (Lipinski definition) is 2. The van der Waals surface area contributed by atoms with Crippen LogP contribution < -0.4 is 10.1 Å². The monoisotopic (exact) mass is 328 g/mol. The van der Waals surface area contributed by atoms with Crippen molar-refractivity contribution in [3.8, 4) is 5.75 Å². The SMILES string of the molecule is COc1ccc(C(O)CNC(=O)c2cc(C)n(C3CC3)c2C)cc1. The van der Waals surface area contributed by atoms with Gasteiger partial charge in [-0.05, 0) is 50.5 Å². The van der Waals surface area contributed by atoms with Gasteiger partial charge in [0.15, 0.2) is 0 Å². The highest BCUT2D eigenvalue weighted by atomic mass is 16.5. The fourth-order valence-electron chi connectivity index (χ4n) is 3.13. The van der Waals surface area contributed by atoms with Gasteiger partial charge in [0.05, 0.1) is 18.8 Å². The molecule has 0 bridgehead atoms. The molecule has 1 amide bonds. The molecular weight excluding hydrogens is 304 g/mol. The number of carbonyl (C=O) groups is 1. The highest BCUT2D eigenvalue weighted by Crippen LogP contribution is 2.38. The Hall–Kier alpha value is -2.27. The second-order valence-electron chi connectivity index (χ2n) is 6.38. The molecule has 1 unspecified atom stereocenters. The highest BCUT2D eigenvalue weighted by molar-refractivity contribution is 5.95. The van der Waals surface area contributed by atoms with Crippen molar-refractivity contribution in [2.75, 3.05) is 13.7 Å². The smallest absolute Gasteiger partial charge is 0.253 e. The quantitative estimate of drug-likeness (QED) is 0.857. The molecule has 1 atom stereocenters. The summed E-state index contributed by atoms with van der Waals surface area (Å²) in [6.07, 6.45) is 1.63. The maximum atomic E-state index is 12.5. The maximum absolute atomic E-state index is 12.5. The van der Waals surface area contributed by atoms with Crippen LogP contribution in [-0.2, 0) is 0 Å². The van der Waals surface area contributed by atoms with Gasteiger partial charge in [-0.25, -0.2) is 0 Å². The van der Waals surface area contributed by atoms with Crippen molar-refractivity contribution >= 4 is 5.91 Å².